The van der Waals surface area contributed by atoms with Gasteiger partial charge >= 0.3 is 0 Å². The molecule has 0 atom stereocenters. The van der Waals surface area contributed by atoms with Gasteiger partial charge in [0.2, 0.25) is 0 Å². The molecule has 0 fully saturated rings. The number of hydrogen-bond acceptors (Lipinski definition) is 1. The predicted octanol–water partition coefficient (Wildman–Crippen LogP) is 6.56. The summed E-state index contributed by atoms with van der Waals surface area (Å²) < 4.78 is 0. The normalized spacial score (nSPS) is 9.93. The van der Waals surface area contributed by atoms with Gasteiger partial charge in [0, 0.05) is 28.2 Å². The molecule has 0 N–H and O–H groups in total. The largest absolute Gasteiger partial charge is 0.311 e. The fourth-order valence-electron chi connectivity index (χ4n) is 2.96. The zero-order valence-corrected chi connectivity index (χ0v) is 14.9. The molecule has 0 aliphatic rings. The summed E-state index contributed by atoms with van der Waals surface area (Å²) in [4.78, 5) is 2.24. The van der Waals surface area contributed by atoms with Crippen LogP contribution in [0, 0.1) is 11.8 Å². The van der Waals surface area contributed by atoms with Gasteiger partial charge in [-0.1, -0.05) is 66.4 Å². The molecule has 4 aromatic carbocycles. The minimum atomic E-state index is 1.00. The number of hydrogen-bond donors (Lipinski definition) is 0. The van der Waals surface area contributed by atoms with Crippen molar-refractivity contribution in [3.63, 3.8) is 0 Å². The van der Waals surface area contributed by atoms with Gasteiger partial charge in [-0.25, -0.2) is 0 Å². The molecule has 128 valence electrons. The van der Waals surface area contributed by atoms with Crippen LogP contribution in [0.3, 0.4) is 0 Å². The molecule has 0 aliphatic carbocycles. The molecule has 0 amide bonds. The maximum Gasteiger partial charge on any atom is 0.0462 e. The number of nitrogens with zero attached hydrogens (tertiary/aromatic N) is 1. The highest BCUT2D eigenvalue weighted by Gasteiger charge is 2.11. The summed E-state index contributed by atoms with van der Waals surface area (Å²) in [6.07, 6.45) is 0. The molecule has 4 aromatic rings. The van der Waals surface area contributed by atoms with Gasteiger partial charge in [0.25, 0.3) is 0 Å². The standard InChI is InChI=1S/C26H19N/c1-4-10-22(11-5-1)16-17-23-18-20-26(21-19-23)27(24-12-6-2-7-13-24)25-14-8-3-9-15-25/h1-15,18-21H. The van der Waals surface area contributed by atoms with Crippen LogP contribution in [0.15, 0.2) is 115 Å². The number of rotatable bonds is 3. The molecule has 0 aromatic heterocycles. The van der Waals surface area contributed by atoms with Crippen LogP contribution < -0.4 is 4.90 Å². The molecule has 0 spiro atoms. The Hall–Kier alpha value is -3.76. The predicted molar refractivity (Wildman–Crippen MR) is 114 cm³/mol. The van der Waals surface area contributed by atoms with Crippen LogP contribution in [-0.2, 0) is 0 Å². The number of benzene rings is 4. The van der Waals surface area contributed by atoms with E-state index in [-0.39, 0.29) is 0 Å². The van der Waals surface area contributed by atoms with E-state index in [1.807, 2.05) is 42.5 Å². The van der Waals surface area contributed by atoms with Crippen molar-refractivity contribution in [1.82, 2.24) is 0 Å². The molecule has 0 unspecified atom stereocenters. The Morgan fingerprint density at radius 2 is 0.741 bits per heavy atom. The Kier molecular flexibility index (Phi) is 5.00. The van der Waals surface area contributed by atoms with Crippen LogP contribution in [0.5, 0.6) is 0 Å². The molecule has 0 radical (unpaired) electrons. The van der Waals surface area contributed by atoms with Crippen molar-refractivity contribution in [2.75, 3.05) is 4.90 Å². The van der Waals surface area contributed by atoms with Crippen LogP contribution in [-0.4, -0.2) is 0 Å². The lowest BCUT2D eigenvalue weighted by Gasteiger charge is -2.25. The lowest BCUT2D eigenvalue weighted by atomic mass is 10.1. The molecule has 4 rings (SSSR count). The minimum absolute atomic E-state index is 1.00. The first-order valence-electron chi connectivity index (χ1n) is 8.97. The molecule has 0 saturated carbocycles. The van der Waals surface area contributed by atoms with Gasteiger partial charge in [0.05, 0.1) is 0 Å². The highest BCUT2D eigenvalue weighted by atomic mass is 15.1. The SMILES string of the molecule is C(#Cc1ccc(N(c2ccccc2)c2ccccc2)cc1)c1ccccc1. The second-order valence-corrected chi connectivity index (χ2v) is 6.17. The first-order chi connectivity index (χ1) is 13.4. The van der Waals surface area contributed by atoms with Gasteiger partial charge in [-0.2, -0.15) is 0 Å². The fraction of sp³-hybridized carbons (Fsp3) is 0. The minimum Gasteiger partial charge on any atom is -0.311 e. The van der Waals surface area contributed by atoms with Crippen molar-refractivity contribution in [3.05, 3.63) is 126 Å². The lowest BCUT2D eigenvalue weighted by Crippen LogP contribution is -2.09. The summed E-state index contributed by atoms with van der Waals surface area (Å²) in [5.74, 6) is 6.45. The maximum atomic E-state index is 3.24. The summed E-state index contributed by atoms with van der Waals surface area (Å²) in [6.45, 7) is 0. The molecule has 1 heteroatoms. The Balaban J connectivity index is 1.67. The van der Waals surface area contributed by atoms with E-state index in [4.69, 9.17) is 0 Å². The van der Waals surface area contributed by atoms with Gasteiger partial charge in [-0.3, -0.25) is 0 Å². The van der Waals surface area contributed by atoms with Crippen LogP contribution in [0.25, 0.3) is 0 Å². The van der Waals surface area contributed by atoms with Crippen molar-refractivity contribution in [1.29, 1.82) is 0 Å². The summed E-state index contributed by atoms with van der Waals surface area (Å²) in [5, 5.41) is 0. The van der Waals surface area contributed by atoms with E-state index in [0.29, 0.717) is 0 Å². The average Bonchev–Trinajstić information content (AvgIpc) is 2.76. The molecule has 0 bridgehead atoms. The third-order valence-corrected chi connectivity index (χ3v) is 4.28. The zero-order valence-electron chi connectivity index (χ0n) is 14.9. The highest BCUT2D eigenvalue weighted by molar-refractivity contribution is 5.76. The molecule has 0 heterocycles. The molecular weight excluding hydrogens is 326 g/mol. The Morgan fingerprint density at radius 3 is 1.22 bits per heavy atom. The highest BCUT2D eigenvalue weighted by Crippen LogP contribution is 2.33. The van der Waals surface area contributed by atoms with Crippen molar-refractivity contribution in [2.45, 2.75) is 0 Å². The summed E-state index contributed by atoms with van der Waals surface area (Å²) in [7, 11) is 0. The van der Waals surface area contributed by atoms with Gasteiger partial charge < -0.3 is 4.90 Å². The zero-order chi connectivity index (χ0) is 18.3. The fourth-order valence-corrected chi connectivity index (χ4v) is 2.96. The Morgan fingerprint density at radius 1 is 0.370 bits per heavy atom. The molecule has 0 saturated heterocycles. The molecule has 27 heavy (non-hydrogen) atoms. The molecular formula is C26H19N. The van der Waals surface area contributed by atoms with E-state index in [1.165, 1.54) is 0 Å². The smallest absolute Gasteiger partial charge is 0.0462 e. The molecule has 1 nitrogen and oxygen atoms in total. The summed E-state index contributed by atoms with van der Waals surface area (Å²) in [5.41, 5.74) is 5.40. The van der Waals surface area contributed by atoms with Gasteiger partial charge in [-0.05, 0) is 60.7 Å². The van der Waals surface area contributed by atoms with Crippen LogP contribution in [0.1, 0.15) is 11.1 Å². The first kappa shape index (κ1) is 16.7. The second-order valence-electron chi connectivity index (χ2n) is 6.17. The van der Waals surface area contributed by atoms with Crippen molar-refractivity contribution >= 4 is 17.1 Å². The van der Waals surface area contributed by atoms with E-state index >= 15 is 0 Å². The number of para-hydroxylation sites is 2. The van der Waals surface area contributed by atoms with Crippen molar-refractivity contribution < 1.29 is 0 Å². The van der Waals surface area contributed by atoms with Gasteiger partial charge in [0.1, 0.15) is 0 Å². The third-order valence-electron chi connectivity index (χ3n) is 4.28. The van der Waals surface area contributed by atoms with Crippen LogP contribution in [0.2, 0.25) is 0 Å². The second kappa shape index (κ2) is 8.08. The van der Waals surface area contributed by atoms with Crippen molar-refractivity contribution in [2.24, 2.45) is 0 Å². The van der Waals surface area contributed by atoms with Gasteiger partial charge in [-0.15, -0.1) is 0 Å². The average molecular weight is 345 g/mol. The van der Waals surface area contributed by atoms with Crippen molar-refractivity contribution in [3.8, 4) is 11.8 Å². The van der Waals surface area contributed by atoms with E-state index in [1.54, 1.807) is 0 Å². The summed E-state index contributed by atoms with van der Waals surface area (Å²) in [6, 6.07) is 39.2. The van der Waals surface area contributed by atoms with E-state index in [9.17, 15) is 0 Å². The van der Waals surface area contributed by atoms with E-state index in [2.05, 4.69) is 89.5 Å². The lowest BCUT2D eigenvalue weighted by molar-refractivity contribution is 1.28. The maximum absolute atomic E-state index is 3.24. The topological polar surface area (TPSA) is 3.24 Å². The third kappa shape index (κ3) is 4.08. The summed E-state index contributed by atoms with van der Waals surface area (Å²) >= 11 is 0. The number of anilines is 3. The molecule has 0 aliphatic heterocycles. The quantitative estimate of drug-likeness (QED) is 0.380. The van der Waals surface area contributed by atoms with Gasteiger partial charge in [0.15, 0.2) is 0 Å². The monoisotopic (exact) mass is 345 g/mol. The van der Waals surface area contributed by atoms with E-state index in [0.717, 1.165) is 28.2 Å². The Labute approximate surface area is 160 Å². The Bertz CT molecular complexity index is 1000. The van der Waals surface area contributed by atoms with Crippen LogP contribution in [0.4, 0.5) is 17.1 Å². The first-order valence-corrected chi connectivity index (χ1v) is 8.97. The van der Waals surface area contributed by atoms with Crippen LogP contribution >= 0.6 is 0 Å². The van der Waals surface area contributed by atoms with E-state index < -0.39 is 0 Å².